The summed E-state index contributed by atoms with van der Waals surface area (Å²) < 4.78 is 0. The van der Waals surface area contributed by atoms with Crippen LogP contribution in [0.15, 0.2) is 0 Å². The Labute approximate surface area is 82.7 Å². The maximum atomic E-state index is 11.4. The van der Waals surface area contributed by atoms with Gasteiger partial charge in [-0.25, -0.2) is 0 Å². The minimum absolute atomic E-state index is 0. The van der Waals surface area contributed by atoms with Gasteiger partial charge in [0.1, 0.15) is 19.3 Å². The van der Waals surface area contributed by atoms with Gasteiger partial charge in [0.2, 0.25) is 0 Å². The number of Topliss-reactive ketones (excluding diaryl/α,β-unsaturated/α-hetero) is 1. The van der Waals surface area contributed by atoms with E-state index in [1.807, 2.05) is 26.6 Å². The predicted octanol–water partition coefficient (Wildman–Crippen LogP) is 2.83. The summed E-state index contributed by atoms with van der Waals surface area (Å²) in [6.45, 7) is 7.90. The molecule has 0 aromatic carbocycles. The van der Waals surface area contributed by atoms with Crippen LogP contribution in [0.5, 0.6) is 0 Å². The van der Waals surface area contributed by atoms with Crippen molar-refractivity contribution < 1.29 is 9.59 Å². The topological polar surface area (TPSA) is 34.1 Å². The molecule has 0 radical (unpaired) electrons. The minimum atomic E-state index is -1.71. The molecular weight excluding hydrogens is 180 g/mol. The van der Waals surface area contributed by atoms with E-state index in [2.05, 4.69) is 0 Å². The van der Waals surface area contributed by atoms with Gasteiger partial charge in [-0.05, 0) is 6.42 Å². The molecule has 2 nitrogen and oxygen atoms in total. The zero-order valence-corrected chi connectivity index (χ0v) is 9.44. The number of carbonyl (C=O) groups is 2. The van der Waals surface area contributed by atoms with Crippen molar-refractivity contribution in [3.05, 3.63) is 0 Å². The molecule has 0 aliphatic heterocycles. The summed E-state index contributed by atoms with van der Waals surface area (Å²) in [5.41, 5.74) is 0. The van der Waals surface area contributed by atoms with Crippen LogP contribution >= 0.6 is 0 Å². The van der Waals surface area contributed by atoms with Gasteiger partial charge in [-0.15, -0.1) is 0 Å². The predicted molar refractivity (Wildman–Crippen MR) is 59.6 cm³/mol. The van der Waals surface area contributed by atoms with Crippen molar-refractivity contribution >= 4 is 19.3 Å². The number of ketones is 1. The van der Waals surface area contributed by atoms with Gasteiger partial charge < -0.3 is 4.79 Å². The largest absolute Gasteiger partial charge is 0.305 e. The van der Waals surface area contributed by atoms with Crippen LogP contribution in [0.2, 0.25) is 19.6 Å². The fourth-order valence-corrected chi connectivity index (χ4v) is 1.54. The molecule has 0 atom stereocenters. The van der Waals surface area contributed by atoms with Gasteiger partial charge in [0.05, 0.1) is 6.42 Å². The lowest BCUT2D eigenvalue weighted by Gasteiger charge is -2.12. The summed E-state index contributed by atoms with van der Waals surface area (Å²) in [7, 11) is -1.71. The maximum absolute atomic E-state index is 11.4. The highest BCUT2D eigenvalue weighted by Crippen LogP contribution is 2.07. The lowest BCUT2D eigenvalue weighted by Crippen LogP contribution is -2.34. The van der Waals surface area contributed by atoms with Crippen LogP contribution in [0.1, 0.15) is 33.6 Å². The molecule has 78 valence electrons. The van der Waals surface area contributed by atoms with Crippen molar-refractivity contribution in [1.29, 1.82) is 0 Å². The van der Waals surface area contributed by atoms with E-state index < -0.39 is 8.07 Å². The average molecular weight is 202 g/mol. The van der Waals surface area contributed by atoms with Gasteiger partial charge in [0, 0.05) is 6.42 Å². The maximum Gasteiger partial charge on any atom is 0.139 e. The molecule has 0 amide bonds. The first-order valence-electron chi connectivity index (χ1n) is 4.43. The van der Waals surface area contributed by atoms with Crippen LogP contribution in [0.3, 0.4) is 0 Å². The quantitative estimate of drug-likeness (QED) is 0.507. The number of carbonyl (C=O) groups excluding carboxylic acids is 2. The van der Waals surface area contributed by atoms with Crippen molar-refractivity contribution in [1.82, 2.24) is 0 Å². The summed E-state index contributed by atoms with van der Waals surface area (Å²) in [6.07, 6.45) is 1.57. The Balaban J connectivity index is 0. The third-order valence-electron chi connectivity index (χ3n) is 1.72. The first kappa shape index (κ1) is 15.0. The van der Waals surface area contributed by atoms with Crippen molar-refractivity contribution in [3.8, 4) is 0 Å². The van der Waals surface area contributed by atoms with Crippen molar-refractivity contribution in [2.24, 2.45) is 0 Å². The lowest BCUT2D eigenvalue weighted by atomic mass is 10.2. The molecule has 0 aliphatic rings. The SMILES string of the molecule is C.CCCC(=O)CC(=O)[Si](C)(C)C. The molecule has 0 aromatic heterocycles. The summed E-state index contributed by atoms with van der Waals surface area (Å²) in [6, 6.07) is 0. The fraction of sp³-hybridized carbons (Fsp3) is 0.800. The van der Waals surface area contributed by atoms with Crippen LogP contribution in [-0.4, -0.2) is 19.3 Å². The van der Waals surface area contributed by atoms with Gasteiger partial charge in [0.25, 0.3) is 0 Å². The Hall–Kier alpha value is -0.443. The zero-order valence-electron chi connectivity index (χ0n) is 8.44. The molecule has 0 rings (SSSR count). The second-order valence-electron chi connectivity index (χ2n) is 4.14. The summed E-state index contributed by atoms with van der Waals surface area (Å²) in [5.74, 6) is 0.102. The van der Waals surface area contributed by atoms with E-state index in [1.54, 1.807) is 0 Å². The van der Waals surface area contributed by atoms with E-state index in [0.29, 0.717) is 6.42 Å². The van der Waals surface area contributed by atoms with Crippen molar-refractivity contribution in [2.45, 2.75) is 53.3 Å². The summed E-state index contributed by atoms with van der Waals surface area (Å²) >= 11 is 0. The number of hydrogen-bond acceptors (Lipinski definition) is 2. The highest BCUT2D eigenvalue weighted by Gasteiger charge is 2.25. The zero-order chi connectivity index (χ0) is 9.78. The minimum Gasteiger partial charge on any atom is -0.305 e. The molecule has 0 N–H and O–H groups in total. The molecule has 0 unspecified atom stereocenters. The first-order chi connectivity index (χ1) is 5.38. The number of rotatable bonds is 5. The van der Waals surface area contributed by atoms with E-state index in [4.69, 9.17) is 0 Å². The van der Waals surface area contributed by atoms with Gasteiger partial charge in [-0.3, -0.25) is 4.79 Å². The molecule has 0 fully saturated rings. The molecule has 0 bridgehead atoms. The Morgan fingerprint density at radius 2 is 1.62 bits per heavy atom. The molecule has 0 heterocycles. The van der Waals surface area contributed by atoms with Gasteiger partial charge >= 0.3 is 0 Å². The molecule has 13 heavy (non-hydrogen) atoms. The van der Waals surface area contributed by atoms with Crippen LogP contribution in [0.4, 0.5) is 0 Å². The lowest BCUT2D eigenvalue weighted by molar-refractivity contribution is -0.123. The van der Waals surface area contributed by atoms with E-state index in [9.17, 15) is 9.59 Å². The first-order valence-corrected chi connectivity index (χ1v) is 7.93. The van der Waals surface area contributed by atoms with Crippen LogP contribution < -0.4 is 0 Å². The van der Waals surface area contributed by atoms with Gasteiger partial charge in [-0.2, -0.15) is 0 Å². The molecule has 0 aromatic rings. The summed E-state index contributed by atoms with van der Waals surface area (Å²) in [5, 5.41) is 0.181. The highest BCUT2D eigenvalue weighted by atomic mass is 28.3. The molecule has 0 aliphatic carbocycles. The molecule has 3 heteroatoms. The Morgan fingerprint density at radius 1 is 1.15 bits per heavy atom. The number of hydrogen-bond donors (Lipinski definition) is 0. The second kappa shape index (κ2) is 6.08. The van der Waals surface area contributed by atoms with Gasteiger partial charge in [-0.1, -0.05) is 34.0 Å². The van der Waals surface area contributed by atoms with E-state index >= 15 is 0 Å². The second-order valence-corrected chi connectivity index (χ2v) is 9.20. The van der Waals surface area contributed by atoms with Crippen LogP contribution in [0.25, 0.3) is 0 Å². The third-order valence-corrected chi connectivity index (χ3v) is 3.57. The third kappa shape index (κ3) is 6.69. The smallest absolute Gasteiger partial charge is 0.139 e. The van der Waals surface area contributed by atoms with E-state index in [-0.39, 0.29) is 25.0 Å². The average Bonchev–Trinajstić information content (AvgIpc) is 1.85. The van der Waals surface area contributed by atoms with Crippen molar-refractivity contribution in [2.75, 3.05) is 0 Å². The Kier molecular flexibility index (Phi) is 7.04. The normalized spacial score (nSPS) is 10.5. The van der Waals surface area contributed by atoms with Gasteiger partial charge in [0.15, 0.2) is 0 Å². The van der Waals surface area contributed by atoms with Crippen LogP contribution in [-0.2, 0) is 9.59 Å². The summed E-state index contributed by atoms with van der Waals surface area (Å²) in [4.78, 5) is 22.5. The monoisotopic (exact) mass is 202 g/mol. The molecule has 0 saturated carbocycles. The standard InChI is InChI=1S/C9H18O2Si.CH4/c1-5-6-8(10)7-9(11)12(2,3)4;/h5-7H2,1-4H3;1H4. The fourth-order valence-electron chi connectivity index (χ4n) is 0.811. The molecule has 0 spiro atoms. The van der Waals surface area contributed by atoms with Crippen LogP contribution in [0, 0.1) is 0 Å². The molecule has 0 saturated heterocycles. The van der Waals surface area contributed by atoms with E-state index in [0.717, 1.165) is 6.42 Å². The van der Waals surface area contributed by atoms with E-state index in [1.165, 1.54) is 0 Å². The highest BCUT2D eigenvalue weighted by molar-refractivity contribution is 7.03. The molecular formula is C10H22O2Si. The van der Waals surface area contributed by atoms with Crippen molar-refractivity contribution in [3.63, 3.8) is 0 Å². The Bertz CT molecular complexity index is 180. The Morgan fingerprint density at radius 3 is 1.92 bits per heavy atom.